The van der Waals surface area contributed by atoms with Crippen LogP contribution in [0.25, 0.3) is 22.2 Å². The molecule has 5 heteroatoms. The third-order valence-electron chi connectivity index (χ3n) is 3.28. The molecule has 0 aliphatic heterocycles. The average Bonchev–Trinajstić information content (AvgIpc) is 2.87. The van der Waals surface area contributed by atoms with Gasteiger partial charge >= 0.3 is 0 Å². The van der Waals surface area contributed by atoms with Crippen molar-refractivity contribution in [1.29, 1.82) is 0 Å². The summed E-state index contributed by atoms with van der Waals surface area (Å²) in [5.41, 5.74) is 9.59. The summed E-state index contributed by atoms with van der Waals surface area (Å²) in [6.07, 6.45) is 0. The lowest BCUT2D eigenvalue weighted by molar-refractivity contribution is 0.637. The van der Waals surface area contributed by atoms with Gasteiger partial charge in [0.05, 0.1) is 11.2 Å². The fourth-order valence-corrected chi connectivity index (χ4v) is 2.15. The molecular weight excluding hydrogens is 231 g/mol. The molecular formula is C13H13FN4. The first-order valence-corrected chi connectivity index (χ1v) is 5.66. The predicted octanol–water partition coefficient (Wildman–Crippen LogP) is 2.90. The third kappa shape index (κ3) is 1.48. The first-order chi connectivity index (χ1) is 8.56. The van der Waals surface area contributed by atoms with E-state index in [1.165, 1.54) is 6.07 Å². The number of fused-ring (bicyclic) bond motifs is 1. The lowest BCUT2D eigenvalue weighted by Crippen LogP contribution is -1.83. The van der Waals surface area contributed by atoms with Crippen LogP contribution >= 0.6 is 0 Å². The maximum atomic E-state index is 14.0. The monoisotopic (exact) mass is 244 g/mol. The van der Waals surface area contributed by atoms with E-state index in [-0.39, 0.29) is 5.82 Å². The Kier molecular flexibility index (Phi) is 2.16. The number of nitrogens with zero attached hydrogens (tertiary/aromatic N) is 1. The molecule has 0 aliphatic rings. The summed E-state index contributed by atoms with van der Waals surface area (Å²) >= 11 is 0. The number of nitrogens with one attached hydrogen (secondary N) is 2. The summed E-state index contributed by atoms with van der Waals surface area (Å²) in [5.74, 6) is 0.124. The van der Waals surface area contributed by atoms with E-state index in [2.05, 4.69) is 15.2 Å². The summed E-state index contributed by atoms with van der Waals surface area (Å²) in [6.45, 7) is 3.90. The molecule has 0 saturated carbocycles. The van der Waals surface area contributed by atoms with Crippen LogP contribution in [0.15, 0.2) is 18.2 Å². The van der Waals surface area contributed by atoms with Crippen LogP contribution in [0.3, 0.4) is 0 Å². The number of nitrogen functional groups attached to an aromatic ring is 1. The fourth-order valence-electron chi connectivity index (χ4n) is 2.15. The Morgan fingerprint density at radius 1 is 1.22 bits per heavy atom. The van der Waals surface area contributed by atoms with Gasteiger partial charge in [0.25, 0.3) is 0 Å². The molecule has 0 aliphatic carbocycles. The molecule has 0 atom stereocenters. The maximum Gasteiger partial charge on any atom is 0.147 e. The molecule has 3 aromatic rings. The molecule has 2 heterocycles. The largest absolute Gasteiger partial charge is 0.382 e. The van der Waals surface area contributed by atoms with Crippen molar-refractivity contribution in [1.82, 2.24) is 15.2 Å². The van der Waals surface area contributed by atoms with E-state index >= 15 is 0 Å². The van der Waals surface area contributed by atoms with Crippen LogP contribution < -0.4 is 5.73 Å². The number of halogens is 1. The molecule has 0 bridgehead atoms. The molecule has 0 saturated heterocycles. The zero-order chi connectivity index (χ0) is 12.9. The Morgan fingerprint density at radius 3 is 2.67 bits per heavy atom. The van der Waals surface area contributed by atoms with Crippen LogP contribution in [-0.4, -0.2) is 15.2 Å². The second-order valence-corrected chi connectivity index (χ2v) is 4.46. The number of hydrogen-bond acceptors (Lipinski definition) is 2. The highest BCUT2D eigenvalue weighted by atomic mass is 19.1. The zero-order valence-corrected chi connectivity index (χ0v) is 10.1. The van der Waals surface area contributed by atoms with Gasteiger partial charge in [-0.05, 0) is 31.5 Å². The van der Waals surface area contributed by atoms with Crippen LogP contribution in [-0.2, 0) is 0 Å². The van der Waals surface area contributed by atoms with Gasteiger partial charge in [-0.2, -0.15) is 5.10 Å². The molecule has 2 aromatic heterocycles. The number of benzene rings is 1. The number of nitrogens with two attached hydrogens (primary N) is 1. The molecule has 4 nitrogen and oxygen atoms in total. The van der Waals surface area contributed by atoms with Gasteiger partial charge in [-0.3, -0.25) is 5.10 Å². The normalized spacial score (nSPS) is 11.3. The first-order valence-electron chi connectivity index (χ1n) is 5.66. The number of anilines is 1. The molecule has 18 heavy (non-hydrogen) atoms. The number of H-pyrrole nitrogens is 2. The second kappa shape index (κ2) is 3.60. The summed E-state index contributed by atoms with van der Waals surface area (Å²) in [7, 11) is 0. The van der Waals surface area contributed by atoms with Crippen LogP contribution in [0.5, 0.6) is 0 Å². The van der Waals surface area contributed by atoms with Crippen LogP contribution in [0.1, 0.15) is 11.3 Å². The molecule has 0 spiro atoms. The van der Waals surface area contributed by atoms with Crippen LogP contribution in [0.2, 0.25) is 0 Å². The van der Waals surface area contributed by atoms with Crippen molar-refractivity contribution in [2.75, 3.05) is 5.73 Å². The molecule has 4 N–H and O–H groups in total. The molecule has 0 unspecified atom stereocenters. The number of rotatable bonds is 1. The van der Waals surface area contributed by atoms with E-state index in [0.717, 1.165) is 22.2 Å². The van der Waals surface area contributed by atoms with Crippen molar-refractivity contribution in [2.24, 2.45) is 0 Å². The van der Waals surface area contributed by atoms with Gasteiger partial charge < -0.3 is 10.7 Å². The minimum atomic E-state index is -0.271. The smallest absolute Gasteiger partial charge is 0.147 e. The van der Waals surface area contributed by atoms with Crippen molar-refractivity contribution in [3.63, 3.8) is 0 Å². The molecule has 0 fully saturated rings. The van der Waals surface area contributed by atoms with Gasteiger partial charge in [0, 0.05) is 22.7 Å². The first kappa shape index (κ1) is 10.8. The molecule has 0 radical (unpaired) electrons. The van der Waals surface area contributed by atoms with Crippen molar-refractivity contribution < 1.29 is 4.39 Å². The highest BCUT2D eigenvalue weighted by Gasteiger charge is 2.12. The Bertz CT molecular complexity index is 739. The molecule has 1 aromatic carbocycles. The Hall–Kier alpha value is -2.30. The SMILES string of the molecule is Cc1[nH]c2c(F)cc(-c3cc(N)n[nH]3)cc2c1C. The number of hydrogen-bond donors (Lipinski definition) is 3. The fraction of sp³-hybridized carbons (Fsp3) is 0.154. The van der Waals surface area contributed by atoms with Gasteiger partial charge in [-0.1, -0.05) is 0 Å². The summed E-state index contributed by atoms with van der Waals surface area (Å²) < 4.78 is 14.0. The van der Waals surface area contributed by atoms with E-state index in [1.807, 2.05) is 19.9 Å². The minimum absolute atomic E-state index is 0.271. The maximum absolute atomic E-state index is 14.0. The summed E-state index contributed by atoms with van der Waals surface area (Å²) in [4.78, 5) is 3.05. The topological polar surface area (TPSA) is 70.5 Å². The number of aromatic nitrogens is 3. The second-order valence-electron chi connectivity index (χ2n) is 4.46. The summed E-state index contributed by atoms with van der Waals surface area (Å²) in [6, 6.07) is 5.10. The van der Waals surface area contributed by atoms with Gasteiger partial charge in [0.2, 0.25) is 0 Å². The molecule has 3 rings (SSSR count). The lowest BCUT2D eigenvalue weighted by atomic mass is 10.1. The van der Waals surface area contributed by atoms with Gasteiger partial charge in [0.1, 0.15) is 11.6 Å². The Labute approximate surface area is 103 Å². The highest BCUT2D eigenvalue weighted by molar-refractivity contribution is 5.89. The van der Waals surface area contributed by atoms with E-state index in [1.54, 1.807) is 6.07 Å². The lowest BCUT2D eigenvalue weighted by Gasteiger charge is -2.00. The van der Waals surface area contributed by atoms with Crippen molar-refractivity contribution in [3.05, 3.63) is 35.3 Å². The van der Waals surface area contributed by atoms with Gasteiger partial charge in [0.15, 0.2) is 0 Å². The Morgan fingerprint density at radius 2 is 2.00 bits per heavy atom. The van der Waals surface area contributed by atoms with Gasteiger partial charge in [-0.25, -0.2) is 4.39 Å². The van der Waals surface area contributed by atoms with E-state index in [4.69, 9.17) is 5.73 Å². The minimum Gasteiger partial charge on any atom is -0.382 e. The van der Waals surface area contributed by atoms with Crippen molar-refractivity contribution >= 4 is 16.7 Å². The third-order valence-corrected chi connectivity index (χ3v) is 3.28. The number of aromatic amines is 2. The van der Waals surface area contributed by atoms with E-state index in [0.29, 0.717) is 17.0 Å². The average molecular weight is 244 g/mol. The van der Waals surface area contributed by atoms with E-state index in [9.17, 15) is 4.39 Å². The van der Waals surface area contributed by atoms with Crippen molar-refractivity contribution in [3.8, 4) is 11.3 Å². The summed E-state index contributed by atoms with van der Waals surface area (Å²) in [5, 5.41) is 7.53. The standard InChI is InChI=1S/C13H13FN4/c1-6-7(2)16-13-9(6)3-8(4-10(13)14)11-5-12(15)18-17-11/h3-5,16H,1-2H3,(H3,15,17,18). The van der Waals surface area contributed by atoms with Gasteiger partial charge in [-0.15, -0.1) is 0 Å². The van der Waals surface area contributed by atoms with Crippen LogP contribution in [0, 0.1) is 19.7 Å². The quantitative estimate of drug-likeness (QED) is 0.616. The Balaban J connectivity index is 2.29. The molecule has 0 amide bonds. The molecule has 92 valence electrons. The van der Waals surface area contributed by atoms with Crippen molar-refractivity contribution in [2.45, 2.75) is 13.8 Å². The zero-order valence-electron chi connectivity index (χ0n) is 10.1. The highest BCUT2D eigenvalue weighted by Crippen LogP contribution is 2.29. The predicted molar refractivity (Wildman–Crippen MR) is 69.7 cm³/mol. The van der Waals surface area contributed by atoms with E-state index < -0.39 is 0 Å². The van der Waals surface area contributed by atoms with Crippen LogP contribution in [0.4, 0.5) is 10.2 Å². The number of aryl methyl sites for hydroxylation is 2.